The molecule has 0 aliphatic heterocycles. The molecule has 2 aromatic rings. The maximum atomic E-state index is 12.2. The third-order valence-corrected chi connectivity index (χ3v) is 4.46. The Morgan fingerprint density at radius 2 is 1.62 bits per heavy atom. The van der Waals surface area contributed by atoms with Crippen LogP contribution in [-0.4, -0.2) is 18.4 Å². The molecule has 0 saturated heterocycles. The summed E-state index contributed by atoms with van der Waals surface area (Å²) in [7, 11) is 0. The SMILES string of the molecule is CCc1ccc(N(CCC(=O)Nc2ccc(C(C)C)cc2)C(C)=O)cc1. The molecule has 0 heterocycles. The van der Waals surface area contributed by atoms with Gasteiger partial charge in [0.05, 0.1) is 0 Å². The fourth-order valence-corrected chi connectivity index (χ4v) is 2.77. The average molecular weight is 352 g/mol. The van der Waals surface area contributed by atoms with Crippen LogP contribution in [0.25, 0.3) is 0 Å². The topological polar surface area (TPSA) is 49.4 Å². The minimum atomic E-state index is -0.0984. The normalized spacial score (nSPS) is 10.7. The molecule has 2 rings (SSSR count). The van der Waals surface area contributed by atoms with Crippen LogP contribution in [0, 0.1) is 0 Å². The maximum absolute atomic E-state index is 12.2. The number of hydrogen-bond donors (Lipinski definition) is 1. The molecule has 1 N–H and O–H groups in total. The van der Waals surface area contributed by atoms with Crippen molar-refractivity contribution in [3.05, 3.63) is 59.7 Å². The minimum absolute atomic E-state index is 0.0664. The number of hydrogen-bond acceptors (Lipinski definition) is 2. The third-order valence-electron chi connectivity index (χ3n) is 4.46. The molecular formula is C22H28N2O2. The molecule has 138 valence electrons. The molecule has 0 aliphatic rings. The largest absolute Gasteiger partial charge is 0.326 e. The van der Waals surface area contributed by atoms with Gasteiger partial charge in [-0.1, -0.05) is 45.0 Å². The summed E-state index contributed by atoms with van der Waals surface area (Å²) in [6.45, 7) is 8.25. The van der Waals surface area contributed by atoms with Gasteiger partial charge < -0.3 is 10.2 Å². The van der Waals surface area contributed by atoms with E-state index in [1.807, 2.05) is 48.5 Å². The van der Waals surface area contributed by atoms with Crippen molar-refractivity contribution in [2.75, 3.05) is 16.8 Å². The fraction of sp³-hybridized carbons (Fsp3) is 0.364. The first-order chi connectivity index (χ1) is 12.4. The third kappa shape index (κ3) is 5.45. The molecule has 2 aromatic carbocycles. The zero-order valence-corrected chi connectivity index (χ0v) is 16.1. The quantitative estimate of drug-likeness (QED) is 0.781. The lowest BCUT2D eigenvalue weighted by atomic mass is 10.0. The Morgan fingerprint density at radius 3 is 2.12 bits per heavy atom. The van der Waals surface area contributed by atoms with Crippen molar-refractivity contribution in [2.24, 2.45) is 0 Å². The molecule has 0 atom stereocenters. The molecule has 0 aromatic heterocycles. The zero-order chi connectivity index (χ0) is 19.1. The molecule has 4 nitrogen and oxygen atoms in total. The van der Waals surface area contributed by atoms with Gasteiger partial charge in [0.2, 0.25) is 11.8 Å². The first kappa shape index (κ1) is 19.7. The van der Waals surface area contributed by atoms with E-state index < -0.39 is 0 Å². The van der Waals surface area contributed by atoms with E-state index in [2.05, 4.69) is 26.1 Å². The van der Waals surface area contributed by atoms with Gasteiger partial charge in [-0.15, -0.1) is 0 Å². The van der Waals surface area contributed by atoms with E-state index in [1.54, 1.807) is 4.90 Å². The Bertz CT molecular complexity index is 734. The number of nitrogens with zero attached hydrogens (tertiary/aromatic N) is 1. The van der Waals surface area contributed by atoms with Crippen molar-refractivity contribution in [1.82, 2.24) is 0 Å². The van der Waals surface area contributed by atoms with E-state index in [-0.39, 0.29) is 18.2 Å². The summed E-state index contributed by atoms with van der Waals surface area (Å²) >= 11 is 0. The van der Waals surface area contributed by atoms with Gasteiger partial charge in [-0.3, -0.25) is 9.59 Å². The average Bonchev–Trinajstić information content (AvgIpc) is 2.62. The summed E-state index contributed by atoms with van der Waals surface area (Å²) in [4.78, 5) is 25.8. The molecule has 0 unspecified atom stereocenters. The molecule has 0 bridgehead atoms. The van der Waals surface area contributed by atoms with Crippen molar-refractivity contribution in [1.29, 1.82) is 0 Å². The molecule has 0 spiro atoms. The molecular weight excluding hydrogens is 324 g/mol. The van der Waals surface area contributed by atoms with Gasteiger partial charge in [0, 0.05) is 31.3 Å². The van der Waals surface area contributed by atoms with Crippen LogP contribution in [0.2, 0.25) is 0 Å². The van der Waals surface area contributed by atoms with Crippen LogP contribution in [-0.2, 0) is 16.0 Å². The van der Waals surface area contributed by atoms with E-state index in [1.165, 1.54) is 18.1 Å². The van der Waals surface area contributed by atoms with E-state index in [4.69, 9.17) is 0 Å². The van der Waals surface area contributed by atoms with E-state index in [0.29, 0.717) is 12.5 Å². The first-order valence-corrected chi connectivity index (χ1v) is 9.17. The minimum Gasteiger partial charge on any atom is -0.326 e. The van der Waals surface area contributed by atoms with Crippen LogP contribution in [0.5, 0.6) is 0 Å². The number of aryl methyl sites for hydroxylation is 1. The Labute approximate surface area is 156 Å². The number of nitrogens with one attached hydrogen (secondary N) is 1. The second kappa shape index (κ2) is 9.18. The molecule has 0 saturated carbocycles. The number of carbonyl (C=O) groups excluding carboxylic acids is 2. The predicted octanol–water partition coefficient (Wildman–Crippen LogP) is 4.75. The van der Waals surface area contributed by atoms with E-state index >= 15 is 0 Å². The van der Waals surface area contributed by atoms with Gasteiger partial charge in [-0.25, -0.2) is 0 Å². The van der Waals surface area contributed by atoms with Crippen LogP contribution in [0.4, 0.5) is 11.4 Å². The monoisotopic (exact) mass is 352 g/mol. The lowest BCUT2D eigenvalue weighted by Crippen LogP contribution is -2.31. The van der Waals surface area contributed by atoms with Crippen LogP contribution >= 0.6 is 0 Å². The molecule has 0 aliphatic carbocycles. The Morgan fingerprint density at radius 1 is 1.00 bits per heavy atom. The summed E-state index contributed by atoms with van der Waals surface area (Å²) in [5.74, 6) is 0.296. The Hall–Kier alpha value is -2.62. The number of anilines is 2. The number of rotatable bonds is 7. The second-order valence-electron chi connectivity index (χ2n) is 6.77. The van der Waals surface area contributed by atoms with Gasteiger partial charge in [-0.2, -0.15) is 0 Å². The van der Waals surface area contributed by atoms with Crippen molar-refractivity contribution in [3.63, 3.8) is 0 Å². The lowest BCUT2D eigenvalue weighted by molar-refractivity contribution is -0.117. The number of carbonyl (C=O) groups is 2. The summed E-state index contributed by atoms with van der Waals surface area (Å²) < 4.78 is 0. The molecule has 0 radical (unpaired) electrons. The highest BCUT2D eigenvalue weighted by Crippen LogP contribution is 2.18. The van der Waals surface area contributed by atoms with Crippen LogP contribution in [0.3, 0.4) is 0 Å². The highest BCUT2D eigenvalue weighted by molar-refractivity contribution is 5.94. The van der Waals surface area contributed by atoms with Crippen LogP contribution in [0.1, 0.15) is 51.2 Å². The maximum Gasteiger partial charge on any atom is 0.226 e. The standard InChI is InChI=1S/C22H28N2O2/c1-5-18-6-12-21(13-7-18)24(17(4)25)15-14-22(26)23-20-10-8-19(9-11-20)16(2)3/h6-13,16H,5,14-15H2,1-4H3,(H,23,26). The highest BCUT2D eigenvalue weighted by Gasteiger charge is 2.13. The van der Waals surface area contributed by atoms with Crippen molar-refractivity contribution in [3.8, 4) is 0 Å². The first-order valence-electron chi connectivity index (χ1n) is 9.17. The van der Waals surface area contributed by atoms with Crippen molar-refractivity contribution < 1.29 is 9.59 Å². The summed E-state index contributed by atoms with van der Waals surface area (Å²) in [5.41, 5.74) is 4.06. The van der Waals surface area contributed by atoms with Crippen molar-refractivity contribution >= 4 is 23.2 Å². The predicted molar refractivity (Wildman–Crippen MR) is 108 cm³/mol. The van der Waals surface area contributed by atoms with Gasteiger partial charge in [0.25, 0.3) is 0 Å². The van der Waals surface area contributed by atoms with Crippen molar-refractivity contribution in [2.45, 2.75) is 46.5 Å². The lowest BCUT2D eigenvalue weighted by Gasteiger charge is -2.21. The number of benzene rings is 2. The second-order valence-corrected chi connectivity index (χ2v) is 6.77. The van der Waals surface area contributed by atoms with Gasteiger partial charge in [-0.05, 0) is 47.7 Å². The summed E-state index contributed by atoms with van der Waals surface area (Å²) in [6, 6.07) is 15.8. The number of amides is 2. The fourth-order valence-electron chi connectivity index (χ4n) is 2.77. The molecule has 0 fully saturated rings. The Kier molecular flexibility index (Phi) is 6.96. The van der Waals surface area contributed by atoms with Crippen LogP contribution in [0.15, 0.2) is 48.5 Å². The van der Waals surface area contributed by atoms with Gasteiger partial charge in [0.15, 0.2) is 0 Å². The molecule has 26 heavy (non-hydrogen) atoms. The van der Waals surface area contributed by atoms with Crippen LogP contribution < -0.4 is 10.2 Å². The summed E-state index contributed by atoms with van der Waals surface area (Å²) in [5, 5.41) is 2.90. The highest BCUT2D eigenvalue weighted by atomic mass is 16.2. The molecule has 2 amide bonds. The van der Waals surface area contributed by atoms with Gasteiger partial charge in [0.1, 0.15) is 0 Å². The molecule has 4 heteroatoms. The zero-order valence-electron chi connectivity index (χ0n) is 16.1. The van der Waals surface area contributed by atoms with Gasteiger partial charge >= 0.3 is 0 Å². The summed E-state index contributed by atoms with van der Waals surface area (Å²) in [6.07, 6.45) is 1.21. The van der Waals surface area contributed by atoms with E-state index in [0.717, 1.165) is 17.8 Å². The van der Waals surface area contributed by atoms with E-state index in [9.17, 15) is 9.59 Å². The smallest absolute Gasteiger partial charge is 0.226 e. The Balaban J connectivity index is 1.95.